The molecule has 0 amide bonds. The molecule has 20 heteroatoms. The quantitative estimate of drug-likeness (QED) is 0.0154. The highest BCUT2D eigenvalue weighted by molar-refractivity contribution is 6.01. The monoisotopic (exact) mass is 914 g/mol. The molecule has 0 aliphatic heterocycles. The van der Waals surface area contributed by atoms with Crippen molar-refractivity contribution >= 4 is 47.0 Å². The molecular weight excluding hydrogens is 880 g/mol. The second kappa shape index (κ2) is 20.3. The molecule has 0 spiro atoms. The largest absolute Gasteiger partial charge is 0.461 e. The Morgan fingerprint density at radius 3 is 1.31 bits per heavy atom. The van der Waals surface area contributed by atoms with Crippen molar-refractivity contribution in [3.8, 4) is 23.0 Å². The number of hydrogen-bond donors (Lipinski definition) is 4. The predicted octanol–water partition coefficient (Wildman–Crippen LogP) is 8.48. The van der Waals surface area contributed by atoms with E-state index in [-0.39, 0.29) is 39.6 Å². The van der Waals surface area contributed by atoms with Crippen LogP contribution in [0.2, 0.25) is 0 Å². The number of rotatable bonds is 19. The van der Waals surface area contributed by atoms with E-state index in [0.717, 1.165) is 60.7 Å². The van der Waals surface area contributed by atoms with E-state index in [1.54, 1.807) is 0 Å². The summed E-state index contributed by atoms with van der Waals surface area (Å²) in [5.74, 6) is -10.0. The summed E-state index contributed by atoms with van der Waals surface area (Å²) in [6.07, 6.45) is -13.8. The van der Waals surface area contributed by atoms with E-state index < -0.39 is 78.2 Å². The molecule has 65 heavy (non-hydrogen) atoms. The summed E-state index contributed by atoms with van der Waals surface area (Å²) in [6, 6.07) is 22.6. The number of alkyl halides is 8. The maximum absolute atomic E-state index is 13.3. The SMILES string of the molecule is Nc1cc(N)cc(C(CC(=O)/C=C/c2ccc(C(=O)Oc3ccc(OC(F)(F)C(F)F)cc3)cc2)C(O)(O)C(=O)/C=C/c2ccc(C(=O)Oc3ccc(OC(F)(F)C(F)F)cc3)cc2)c1. The molecule has 0 radical (unpaired) electrons. The molecule has 0 heterocycles. The smallest absolute Gasteiger partial charge is 0.428 e. The van der Waals surface area contributed by atoms with Gasteiger partial charge in [-0.25, -0.2) is 9.59 Å². The molecule has 340 valence electrons. The third-order valence-corrected chi connectivity index (χ3v) is 8.92. The van der Waals surface area contributed by atoms with Crippen molar-refractivity contribution in [2.75, 3.05) is 11.5 Å². The molecule has 0 saturated carbocycles. The molecule has 12 nitrogen and oxygen atoms in total. The summed E-state index contributed by atoms with van der Waals surface area (Å²) in [5.41, 5.74) is 12.8. The molecule has 0 saturated heterocycles. The third-order valence-electron chi connectivity index (χ3n) is 8.92. The lowest BCUT2D eigenvalue weighted by molar-refractivity contribution is -0.253. The molecule has 1 unspecified atom stereocenters. The average molecular weight is 915 g/mol. The zero-order valence-electron chi connectivity index (χ0n) is 33.1. The maximum atomic E-state index is 13.3. The van der Waals surface area contributed by atoms with E-state index >= 15 is 0 Å². The Bertz CT molecular complexity index is 2530. The first kappa shape index (κ1) is 48.5. The van der Waals surface area contributed by atoms with Gasteiger partial charge in [0.05, 0.1) is 17.0 Å². The van der Waals surface area contributed by atoms with Crippen LogP contribution < -0.4 is 30.4 Å². The van der Waals surface area contributed by atoms with Gasteiger partial charge in [-0.2, -0.15) is 35.1 Å². The van der Waals surface area contributed by atoms with Crippen molar-refractivity contribution in [2.24, 2.45) is 0 Å². The summed E-state index contributed by atoms with van der Waals surface area (Å²) < 4.78 is 120. The topological polar surface area (TPSA) is 198 Å². The molecule has 0 aliphatic rings. The number of ketones is 2. The van der Waals surface area contributed by atoms with Crippen LogP contribution in [-0.2, 0) is 9.59 Å². The second-order valence-electron chi connectivity index (χ2n) is 13.8. The van der Waals surface area contributed by atoms with Gasteiger partial charge in [-0.05, 0) is 120 Å². The highest BCUT2D eigenvalue weighted by Crippen LogP contribution is 2.35. The molecule has 0 aromatic heterocycles. The normalized spacial score (nSPS) is 12.7. The number of nitrogen functional groups attached to an aromatic ring is 2. The number of hydrogen-bond acceptors (Lipinski definition) is 12. The Kier molecular flexibility index (Phi) is 15.1. The third kappa shape index (κ3) is 13.2. The number of aliphatic hydroxyl groups is 2. The van der Waals surface area contributed by atoms with E-state index in [1.807, 2.05) is 0 Å². The zero-order valence-corrected chi connectivity index (χ0v) is 33.1. The van der Waals surface area contributed by atoms with E-state index in [0.29, 0.717) is 11.1 Å². The van der Waals surface area contributed by atoms with Crippen molar-refractivity contribution in [3.05, 3.63) is 155 Å². The van der Waals surface area contributed by atoms with Crippen LogP contribution in [0.15, 0.2) is 127 Å². The highest BCUT2D eigenvalue weighted by atomic mass is 19.3. The van der Waals surface area contributed by atoms with Crippen LogP contribution >= 0.6 is 0 Å². The minimum absolute atomic E-state index is 0.0106. The number of carbonyl (C=O) groups is 4. The molecule has 0 aliphatic carbocycles. The van der Waals surface area contributed by atoms with Gasteiger partial charge in [0.15, 0.2) is 5.78 Å². The van der Waals surface area contributed by atoms with Gasteiger partial charge in [0.25, 0.3) is 0 Å². The minimum Gasteiger partial charge on any atom is -0.428 e. The molecule has 0 bridgehead atoms. The second-order valence-corrected chi connectivity index (χ2v) is 13.8. The lowest BCUT2D eigenvalue weighted by Crippen LogP contribution is -2.44. The fourth-order valence-corrected chi connectivity index (χ4v) is 5.67. The van der Waals surface area contributed by atoms with Crippen LogP contribution in [0.3, 0.4) is 0 Å². The number of ether oxygens (including phenoxy) is 4. The van der Waals surface area contributed by atoms with Crippen molar-refractivity contribution in [2.45, 2.75) is 43.2 Å². The van der Waals surface area contributed by atoms with Gasteiger partial charge in [-0.1, -0.05) is 36.4 Å². The molecular formula is C45H34F8N2O10. The van der Waals surface area contributed by atoms with Crippen LogP contribution in [0.25, 0.3) is 12.2 Å². The summed E-state index contributed by atoms with van der Waals surface area (Å²) >= 11 is 0. The number of benzene rings is 5. The molecule has 5 rings (SSSR count). The molecule has 1 atom stereocenters. The first-order chi connectivity index (χ1) is 30.5. The van der Waals surface area contributed by atoms with Crippen molar-refractivity contribution < 1.29 is 83.5 Å². The first-order valence-electron chi connectivity index (χ1n) is 18.6. The number of anilines is 2. The van der Waals surface area contributed by atoms with Crippen LogP contribution in [-0.4, -0.2) is 64.6 Å². The van der Waals surface area contributed by atoms with Gasteiger partial charge in [0, 0.05) is 17.8 Å². The van der Waals surface area contributed by atoms with Crippen LogP contribution in [0.4, 0.5) is 46.5 Å². The Morgan fingerprint density at radius 2 is 0.923 bits per heavy atom. The van der Waals surface area contributed by atoms with Gasteiger partial charge >= 0.3 is 37.0 Å². The summed E-state index contributed by atoms with van der Waals surface area (Å²) in [7, 11) is 0. The van der Waals surface area contributed by atoms with Gasteiger partial charge < -0.3 is 40.6 Å². The molecule has 6 N–H and O–H groups in total. The standard InChI is InChI=1S/C45H34F8N2O10/c46-41(47)44(50,51)64-35-16-12-33(13-17-35)62-39(58)27-7-1-25(2-8-27)5-11-32(56)24-37(29-21-30(54)23-31(55)22-29)43(60,61)38(57)20-6-26-3-9-28(10-4-26)40(59)63-34-14-18-36(19-15-34)65-45(52,53)42(48)49/h1-23,37,41-42,60-61H,24,54-55H2/b11-5+,20-6+. The molecule has 0 fully saturated rings. The number of nitrogens with two attached hydrogens (primary N) is 2. The van der Waals surface area contributed by atoms with E-state index in [1.165, 1.54) is 78.9 Å². The molecule has 5 aromatic carbocycles. The highest BCUT2D eigenvalue weighted by Gasteiger charge is 2.45. The van der Waals surface area contributed by atoms with Crippen molar-refractivity contribution in [3.63, 3.8) is 0 Å². The summed E-state index contributed by atoms with van der Waals surface area (Å²) in [5, 5.41) is 22.5. The van der Waals surface area contributed by atoms with Gasteiger partial charge in [-0.15, -0.1) is 0 Å². The van der Waals surface area contributed by atoms with E-state index in [2.05, 4.69) is 9.47 Å². The molecule has 5 aromatic rings. The van der Waals surface area contributed by atoms with Crippen LogP contribution in [0.5, 0.6) is 23.0 Å². The number of allylic oxidation sites excluding steroid dienone is 1. The van der Waals surface area contributed by atoms with Crippen LogP contribution in [0.1, 0.15) is 49.7 Å². The van der Waals surface area contributed by atoms with Gasteiger partial charge in [0.1, 0.15) is 23.0 Å². The van der Waals surface area contributed by atoms with Crippen molar-refractivity contribution in [1.82, 2.24) is 0 Å². The fraction of sp³-hybridized carbons (Fsp3) is 0.156. The Labute approximate surface area is 362 Å². The number of carbonyl (C=O) groups excluding carboxylic acids is 4. The van der Waals surface area contributed by atoms with E-state index in [4.69, 9.17) is 20.9 Å². The van der Waals surface area contributed by atoms with Crippen LogP contribution in [0, 0.1) is 0 Å². The van der Waals surface area contributed by atoms with E-state index in [9.17, 15) is 64.5 Å². The Morgan fingerprint density at radius 1 is 0.554 bits per heavy atom. The Hall–Kier alpha value is -7.58. The average Bonchev–Trinajstić information content (AvgIpc) is 3.24. The van der Waals surface area contributed by atoms with Crippen molar-refractivity contribution in [1.29, 1.82) is 0 Å². The summed E-state index contributed by atoms with van der Waals surface area (Å²) in [6.45, 7) is 0. The number of halogens is 8. The Balaban J connectivity index is 1.21. The first-order valence-corrected chi connectivity index (χ1v) is 18.6. The lowest BCUT2D eigenvalue weighted by atomic mass is 9.83. The lowest BCUT2D eigenvalue weighted by Gasteiger charge is -2.29. The van der Waals surface area contributed by atoms with Gasteiger partial charge in [-0.3, -0.25) is 9.59 Å². The number of esters is 2. The summed E-state index contributed by atoms with van der Waals surface area (Å²) in [4.78, 5) is 51.9. The fourth-order valence-electron chi connectivity index (χ4n) is 5.67. The zero-order chi connectivity index (χ0) is 47.7. The predicted molar refractivity (Wildman–Crippen MR) is 217 cm³/mol. The minimum atomic E-state index is -4.73. The maximum Gasteiger partial charge on any atom is 0.461 e. The van der Waals surface area contributed by atoms with Gasteiger partial charge in [0.2, 0.25) is 11.6 Å².